The summed E-state index contributed by atoms with van der Waals surface area (Å²) in [5.74, 6) is 0. The molecule has 0 amide bonds. The molecule has 24 heavy (non-hydrogen) atoms. The van der Waals surface area contributed by atoms with E-state index in [1.54, 1.807) is 25.3 Å². The van der Waals surface area contributed by atoms with E-state index >= 15 is 0 Å². The maximum Gasteiger partial charge on any atom is 0.292 e. The third-order valence-corrected chi connectivity index (χ3v) is 4.51. The number of thiazole rings is 1. The lowest BCUT2D eigenvalue weighted by Gasteiger charge is -2.03. The number of allylic oxidation sites excluding steroid dienone is 1. The van der Waals surface area contributed by atoms with Gasteiger partial charge in [0.1, 0.15) is 16.8 Å². The van der Waals surface area contributed by atoms with Gasteiger partial charge in [-0.1, -0.05) is 18.2 Å². The third-order valence-electron chi connectivity index (χ3n) is 3.44. The SMILES string of the molecule is CNc1ccc(/C=C(/C#N)c2nc3ccccc3s2)cc1[N+](=O)[O-]. The lowest BCUT2D eigenvalue weighted by Crippen LogP contribution is -1.96. The van der Waals surface area contributed by atoms with E-state index in [0.717, 1.165) is 10.2 Å². The molecule has 0 aliphatic rings. The van der Waals surface area contributed by atoms with Crippen LogP contribution in [-0.2, 0) is 0 Å². The molecule has 3 aromatic rings. The zero-order valence-electron chi connectivity index (χ0n) is 12.7. The fraction of sp³-hybridized carbons (Fsp3) is 0.0588. The van der Waals surface area contributed by atoms with Crippen molar-refractivity contribution in [1.82, 2.24) is 4.98 Å². The number of nitrogens with zero attached hydrogens (tertiary/aromatic N) is 3. The molecule has 0 fully saturated rings. The van der Waals surface area contributed by atoms with Gasteiger partial charge in [0.2, 0.25) is 0 Å². The van der Waals surface area contributed by atoms with E-state index in [-0.39, 0.29) is 5.69 Å². The van der Waals surface area contributed by atoms with Crippen LogP contribution >= 0.6 is 11.3 Å². The number of nitrogens with one attached hydrogen (secondary N) is 1. The van der Waals surface area contributed by atoms with Crippen LogP contribution in [0.4, 0.5) is 11.4 Å². The van der Waals surface area contributed by atoms with Gasteiger partial charge in [0.05, 0.1) is 20.7 Å². The van der Waals surface area contributed by atoms with Crippen molar-refractivity contribution in [2.24, 2.45) is 0 Å². The summed E-state index contributed by atoms with van der Waals surface area (Å²) in [4.78, 5) is 15.1. The number of rotatable bonds is 4. The van der Waals surface area contributed by atoms with Gasteiger partial charge < -0.3 is 5.32 Å². The number of anilines is 1. The van der Waals surface area contributed by atoms with Gasteiger partial charge in [-0.15, -0.1) is 11.3 Å². The van der Waals surface area contributed by atoms with Crippen LogP contribution in [0.3, 0.4) is 0 Å². The van der Waals surface area contributed by atoms with Gasteiger partial charge in [-0.25, -0.2) is 4.98 Å². The Morgan fingerprint density at radius 3 is 2.83 bits per heavy atom. The second-order valence-corrected chi connectivity index (χ2v) is 5.97. The van der Waals surface area contributed by atoms with Gasteiger partial charge in [0.25, 0.3) is 5.69 Å². The molecule has 0 saturated heterocycles. The van der Waals surface area contributed by atoms with Gasteiger partial charge in [-0.3, -0.25) is 10.1 Å². The van der Waals surface area contributed by atoms with Crippen LogP contribution in [0.2, 0.25) is 0 Å². The number of fused-ring (bicyclic) bond motifs is 1. The van der Waals surface area contributed by atoms with Crippen LogP contribution in [0.15, 0.2) is 42.5 Å². The number of para-hydroxylation sites is 1. The topological polar surface area (TPSA) is 91.8 Å². The molecule has 6 nitrogen and oxygen atoms in total. The molecule has 0 aliphatic carbocycles. The minimum Gasteiger partial charge on any atom is -0.383 e. The Labute approximate surface area is 141 Å². The van der Waals surface area contributed by atoms with Gasteiger partial charge in [0.15, 0.2) is 0 Å². The highest BCUT2D eigenvalue weighted by molar-refractivity contribution is 7.19. The van der Waals surface area contributed by atoms with E-state index in [2.05, 4.69) is 16.4 Å². The number of hydrogen-bond donors (Lipinski definition) is 1. The molecule has 7 heteroatoms. The first-order valence-electron chi connectivity index (χ1n) is 7.06. The molecule has 0 radical (unpaired) electrons. The molecule has 1 aromatic heterocycles. The van der Waals surface area contributed by atoms with Crippen molar-refractivity contribution in [3.63, 3.8) is 0 Å². The van der Waals surface area contributed by atoms with Crippen molar-refractivity contribution >= 4 is 44.6 Å². The van der Waals surface area contributed by atoms with Crippen molar-refractivity contribution in [2.45, 2.75) is 0 Å². The van der Waals surface area contributed by atoms with Crippen LogP contribution in [0.25, 0.3) is 21.9 Å². The van der Waals surface area contributed by atoms with Crippen molar-refractivity contribution < 1.29 is 4.92 Å². The monoisotopic (exact) mass is 336 g/mol. The summed E-state index contributed by atoms with van der Waals surface area (Å²) in [7, 11) is 1.62. The lowest BCUT2D eigenvalue weighted by molar-refractivity contribution is -0.383. The Bertz CT molecular complexity index is 968. The molecule has 0 spiro atoms. The summed E-state index contributed by atoms with van der Waals surface area (Å²) in [5.41, 5.74) is 2.18. The molecular weight excluding hydrogens is 324 g/mol. The third kappa shape index (κ3) is 2.95. The smallest absolute Gasteiger partial charge is 0.292 e. The van der Waals surface area contributed by atoms with E-state index in [9.17, 15) is 15.4 Å². The fourth-order valence-corrected chi connectivity index (χ4v) is 3.23. The lowest BCUT2D eigenvalue weighted by atomic mass is 10.1. The number of nitro groups is 1. The van der Waals surface area contributed by atoms with Crippen molar-refractivity contribution in [3.8, 4) is 6.07 Å². The predicted octanol–water partition coefficient (Wildman–Crippen LogP) is 4.31. The van der Waals surface area contributed by atoms with Crippen LogP contribution in [0, 0.1) is 21.4 Å². The highest BCUT2D eigenvalue weighted by Gasteiger charge is 2.14. The van der Waals surface area contributed by atoms with Crippen LogP contribution in [-0.4, -0.2) is 17.0 Å². The first-order valence-corrected chi connectivity index (χ1v) is 7.88. The summed E-state index contributed by atoms with van der Waals surface area (Å²) < 4.78 is 0.991. The van der Waals surface area contributed by atoms with E-state index in [1.807, 2.05) is 24.3 Å². The average Bonchev–Trinajstić information content (AvgIpc) is 3.03. The van der Waals surface area contributed by atoms with Crippen molar-refractivity contribution in [1.29, 1.82) is 5.26 Å². The van der Waals surface area contributed by atoms with Gasteiger partial charge in [0, 0.05) is 13.1 Å². The van der Waals surface area contributed by atoms with E-state index in [1.165, 1.54) is 17.4 Å². The standard InChI is InChI=1S/C17H12N4O2S/c1-19-13-7-6-11(9-15(13)21(22)23)8-12(10-18)17-20-14-4-2-3-5-16(14)24-17/h2-9,19H,1H3/b12-8-. The summed E-state index contributed by atoms with van der Waals surface area (Å²) in [6.07, 6.45) is 1.62. The fourth-order valence-electron chi connectivity index (χ4n) is 2.30. The first-order chi connectivity index (χ1) is 11.6. The number of aromatic nitrogens is 1. The minimum absolute atomic E-state index is 0.0344. The van der Waals surface area contributed by atoms with Gasteiger partial charge >= 0.3 is 0 Å². The Morgan fingerprint density at radius 1 is 1.38 bits per heavy atom. The number of benzene rings is 2. The number of hydrogen-bond acceptors (Lipinski definition) is 6. The molecule has 0 saturated carbocycles. The summed E-state index contributed by atoms with van der Waals surface area (Å²) in [6.45, 7) is 0. The highest BCUT2D eigenvalue weighted by Crippen LogP contribution is 2.30. The Balaban J connectivity index is 2.06. The van der Waals surface area contributed by atoms with Gasteiger partial charge in [-0.2, -0.15) is 5.26 Å². The predicted molar refractivity (Wildman–Crippen MR) is 95.7 cm³/mol. The zero-order chi connectivity index (χ0) is 17.1. The zero-order valence-corrected chi connectivity index (χ0v) is 13.5. The van der Waals surface area contributed by atoms with Crippen LogP contribution in [0.5, 0.6) is 0 Å². The molecule has 1 N–H and O–H groups in total. The molecule has 0 atom stereocenters. The minimum atomic E-state index is -0.451. The molecule has 1 heterocycles. The maximum absolute atomic E-state index is 11.1. The van der Waals surface area contributed by atoms with E-state index < -0.39 is 4.92 Å². The van der Waals surface area contributed by atoms with E-state index in [4.69, 9.17) is 0 Å². The summed E-state index contributed by atoms with van der Waals surface area (Å²) in [5, 5.41) is 24.0. The molecule has 0 bridgehead atoms. The average molecular weight is 336 g/mol. The van der Waals surface area contributed by atoms with Crippen LogP contribution < -0.4 is 5.32 Å². The summed E-state index contributed by atoms with van der Waals surface area (Å²) >= 11 is 1.42. The molecule has 2 aromatic carbocycles. The Kier molecular flexibility index (Phi) is 4.22. The largest absolute Gasteiger partial charge is 0.383 e. The molecular formula is C17H12N4O2S. The number of nitriles is 1. The first kappa shape index (κ1) is 15.6. The van der Waals surface area contributed by atoms with Crippen LogP contribution in [0.1, 0.15) is 10.6 Å². The molecule has 0 unspecified atom stereocenters. The van der Waals surface area contributed by atoms with Gasteiger partial charge in [-0.05, 0) is 29.8 Å². The van der Waals surface area contributed by atoms with Crippen molar-refractivity contribution in [3.05, 3.63) is 63.1 Å². The molecule has 118 valence electrons. The summed E-state index contributed by atoms with van der Waals surface area (Å²) in [6, 6.07) is 14.6. The maximum atomic E-state index is 11.1. The Morgan fingerprint density at radius 2 is 2.17 bits per heavy atom. The quantitative estimate of drug-likeness (QED) is 0.435. The van der Waals surface area contributed by atoms with Crippen molar-refractivity contribution in [2.75, 3.05) is 12.4 Å². The molecule has 3 rings (SSSR count). The molecule has 0 aliphatic heterocycles. The highest BCUT2D eigenvalue weighted by atomic mass is 32.1. The second-order valence-electron chi connectivity index (χ2n) is 4.94. The van der Waals surface area contributed by atoms with E-state index in [0.29, 0.717) is 21.8 Å². The Hall–Kier alpha value is -3.24. The number of nitro benzene ring substituents is 1. The second kappa shape index (κ2) is 6.48. The normalized spacial score (nSPS) is 11.2.